The number of benzene rings is 4. The van der Waals surface area contributed by atoms with E-state index in [9.17, 15) is 36.0 Å². The van der Waals surface area contributed by atoms with Crippen molar-refractivity contribution >= 4 is 66.9 Å². The van der Waals surface area contributed by atoms with E-state index in [2.05, 4.69) is 31.9 Å². The number of hydrogen-bond donors (Lipinski definition) is 8. The maximum absolute atomic E-state index is 13.0. The molecule has 0 saturated heterocycles. The van der Waals surface area contributed by atoms with Gasteiger partial charge in [0.15, 0.2) is 0 Å². The topological polar surface area (TPSA) is 233 Å². The van der Waals surface area contributed by atoms with Crippen LogP contribution in [0, 0.1) is 13.8 Å². The van der Waals surface area contributed by atoms with E-state index >= 15 is 0 Å². The molecule has 0 radical (unpaired) electrons. The summed E-state index contributed by atoms with van der Waals surface area (Å²) in [6, 6.07) is 22.1. The van der Waals surface area contributed by atoms with Crippen molar-refractivity contribution in [2.24, 2.45) is 0 Å². The van der Waals surface area contributed by atoms with Crippen molar-refractivity contribution in [2.45, 2.75) is 49.3 Å². The highest BCUT2D eigenvalue weighted by molar-refractivity contribution is 7.90. The van der Waals surface area contributed by atoms with Crippen LogP contribution in [0.3, 0.4) is 0 Å². The molecule has 0 atom stereocenters. The second-order valence-corrected chi connectivity index (χ2v) is 15.3. The fourth-order valence-corrected chi connectivity index (χ4v) is 7.07. The largest absolute Gasteiger partial charge is 0.337 e. The Labute approximate surface area is 314 Å². The fourth-order valence-electron chi connectivity index (χ4n) is 4.89. The minimum Gasteiger partial charge on any atom is -0.337 e. The van der Waals surface area contributed by atoms with Gasteiger partial charge in [-0.3, -0.25) is 0 Å². The molecule has 0 aromatic heterocycles. The van der Waals surface area contributed by atoms with Crippen LogP contribution in [-0.2, 0) is 20.0 Å². The molecule has 0 unspecified atom stereocenters. The molecule has 54 heavy (non-hydrogen) atoms. The standard InChI is InChI=1S/C36H42N8O8S2/c1-25-15-19-27(20-16-25)39-35(47)41-29-11-5-7-13-31(29)53(49,50)43-33(45)37-23-9-3-4-10-24-38-34(46)44-54(51,52)32-14-8-6-12-30(32)42-36(48)40-28-21-17-26(2)18-22-28/h5-8,11-22H,3-4,9-10,23-24H2,1-2H3,(H2,37,43,45)(H2,38,44,46)(H2,39,41,47)(H2,40,42,48). The monoisotopic (exact) mass is 778 g/mol. The van der Waals surface area contributed by atoms with E-state index in [1.165, 1.54) is 36.4 Å². The number of nitrogens with one attached hydrogen (secondary N) is 8. The first-order valence-corrected chi connectivity index (χ1v) is 19.8. The Morgan fingerprint density at radius 1 is 0.444 bits per heavy atom. The molecule has 4 rings (SSSR count). The lowest BCUT2D eigenvalue weighted by Gasteiger charge is -2.14. The summed E-state index contributed by atoms with van der Waals surface area (Å²) in [5, 5.41) is 15.2. The SMILES string of the molecule is Cc1ccc(NC(=O)Nc2ccccc2S(=O)(=O)NC(=O)NCCCCCCNC(=O)NS(=O)(=O)c2ccccc2NC(=O)Nc2ccc(C)cc2)cc1. The molecular formula is C36H42N8O8S2. The Kier molecular flexibility index (Phi) is 14.4. The predicted octanol–water partition coefficient (Wildman–Crippen LogP) is 5.83. The van der Waals surface area contributed by atoms with Crippen LogP contribution < -0.4 is 41.3 Å². The fraction of sp³-hybridized carbons (Fsp3) is 0.222. The Morgan fingerprint density at radius 3 is 1.17 bits per heavy atom. The average Bonchev–Trinajstić information content (AvgIpc) is 3.11. The van der Waals surface area contributed by atoms with Gasteiger partial charge in [0.05, 0.1) is 11.4 Å². The van der Waals surface area contributed by atoms with Gasteiger partial charge >= 0.3 is 24.1 Å². The summed E-state index contributed by atoms with van der Waals surface area (Å²) in [5.74, 6) is 0. The molecule has 0 aliphatic carbocycles. The van der Waals surface area contributed by atoms with Crippen molar-refractivity contribution in [3.8, 4) is 0 Å². The van der Waals surface area contributed by atoms with Crippen LogP contribution in [0.4, 0.5) is 41.9 Å². The van der Waals surface area contributed by atoms with Crippen LogP contribution in [0.15, 0.2) is 107 Å². The lowest BCUT2D eigenvalue weighted by Crippen LogP contribution is -2.40. The van der Waals surface area contributed by atoms with E-state index in [0.29, 0.717) is 37.1 Å². The number of hydrogen-bond acceptors (Lipinski definition) is 8. The normalized spacial score (nSPS) is 11.1. The van der Waals surface area contributed by atoms with E-state index in [0.717, 1.165) is 11.1 Å². The summed E-state index contributed by atoms with van der Waals surface area (Å²) in [6.45, 7) is 4.11. The molecule has 0 fully saturated rings. The Balaban J connectivity index is 1.13. The number of unbranched alkanes of at least 4 members (excludes halogenated alkanes) is 3. The number of sulfonamides is 2. The van der Waals surface area contributed by atoms with Crippen molar-refractivity contribution in [1.82, 2.24) is 20.1 Å². The van der Waals surface area contributed by atoms with Crippen molar-refractivity contribution in [2.75, 3.05) is 34.4 Å². The molecule has 0 aliphatic rings. The van der Waals surface area contributed by atoms with Crippen LogP contribution >= 0.6 is 0 Å². The van der Waals surface area contributed by atoms with Gasteiger partial charge in [-0.2, -0.15) is 0 Å². The number of urea groups is 4. The van der Waals surface area contributed by atoms with Crippen molar-refractivity contribution in [3.05, 3.63) is 108 Å². The van der Waals surface area contributed by atoms with Crippen molar-refractivity contribution < 1.29 is 36.0 Å². The summed E-state index contributed by atoms with van der Waals surface area (Å²) >= 11 is 0. The third-order valence-electron chi connectivity index (χ3n) is 7.60. The molecule has 16 nitrogen and oxygen atoms in total. The average molecular weight is 779 g/mol. The van der Waals surface area contributed by atoms with Gasteiger partial charge in [-0.1, -0.05) is 72.5 Å². The molecular weight excluding hydrogens is 737 g/mol. The van der Waals surface area contributed by atoms with Gasteiger partial charge in [0.2, 0.25) is 0 Å². The maximum Gasteiger partial charge on any atom is 0.328 e. The molecule has 8 amide bonds. The van der Waals surface area contributed by atoms with Gasteiger partial charge in [-0.25, -0.2) is 45.5 Å². The minimum atomic E-state index is -4.34. The number of para-hydroxylation sites is 2. The first-order valence-electron chi connectivity index (χ1n) is 16.8. The van der Waals surface area contributed by atoms with Crippen LogP contribution in [0.5, 0.6) is 0 Å². The minimum absolute atomic E-state index is 0.0252. The highest BCUT2D eigenvalue weighted by Crippen LogP contribution is 2.22. The van der Waals surface area contributed by atoms with E-state index in [1.54, 1.807) is 36.4 Å². The van der Waals surface area contributed by atoms with Crippen LogP contribution in [0.2, 0.25) is 0 Å². The molecule has 4 aromatic rings. The summed E-state index contributed by atoms with van der Waals surface area (Å²) in [6.07, 6.45) is 2.21. The van der Waals surface area contributed by atoms with Gasteiger partial charge in [-0.05, 0) is 75.2 Å². The Hall–Kier alpha value is -6.14. The molecule has 0 saturated carbocycles. The molecule has 0 heterocycles. The van der Waals surface area contributed by atoms with E-state index in [-0.39, 0.29) is 34.3 Å². The maximum atomic E-state index is 13.0. The summed E-state index contributed by atoms with van der Waals surface area (Å²) in [5.41, 5.74) is 2.98. The van der Waals surface area contributed by atoms with E-state index in [1.807, 2.05) is 47.6 Å². The van der Waals surface area contributed by atoms with Crippen LogP contribution in [-0.4, -0.2) is 54.0 Å². The van der Waals surface area contributed by atoms with Gasteiger partial charge < -0.3 is 31.9 Å². The second kappa shape index (κ2) is 19.1. The number of carbonyl (C=O) groups is 4. The zero-order chi connectivity index (χ0) is 39.1. The Bertz CT molecular complexity index is 2010. The third kappa shape index (κ3) is 12.8. The van der Waals surface area contributed by atoms with Gasteiger partial charge in [-0.15, -0.1) is 0 Å². The second-order valence-electron chi connectivity index (χ2n) is 12.0. The van der Waals surface area contributed by atoms with E-state index in [4.69, 9.17) is 0 Å². The third-order valence-corrected chi connectivity index (χ3v) is 10.4. The lowest BCUT2D eigenvalue weighted by atomic mass is 10.2. The van der Waals surface area contributed by atoms with Crippen LogP contribution in [0.1, 0.15) is 36.8 Å². The van der Waals surface area contributed by atoms with Gasteiger partial charge in [0.25, 0.3) is 20.0 Å². The highest BCUT2D eigenvalue weighted by atomic mass is 32.2. The smallest absolute Gasteiger partial charge is 0.328 e. The summed E-state index contributed by atoms with van der Waals surface area (Å²) in [4.78, 5) is 49.2. The zero-order valence-corrected chi connectivity index (χ0v) is 31.2. The molecule has 286 valence electrons. The molecule has 0 spiro atoms. The van der Waals surface area contributed by atoms with Gasteiger partial charge in [0.1, 0.15) is 9.79 Å². The van der Waals surface area contributed by atoms with Gasteiger partial charge in [0, 0.05) is 24.5 Å². The molecule has 4 aromatic carbocycles. The number of rotatable bonds is 15. The zero-order valence-electron chi connectivity index (χ0n) is 29.6. The Morgan fingerprint density at radius 2 is 0.796 bits per heavy atom. The number of anilines is 4. The first kappa shape index (κ1) is 40.6. The number of aryl methyl sites for hydroxylation is 2. The summed E-state index contributed by atoms with van der Waals surface area (Å²) in [7, 11) is -8.69. The summed E-state index contributed by atoms with van der Waals surface area (Å²) < 4.78 is 55.7. The molecule has 8 N–H and O–H groups in total. The molecule has 0 bridgehead atoms. The lowest BCUT2D eigenvalue weighted by molar-refractivity contribution is 0.244. The van der Waals surface area contributed by atoms with Crippen molar-refractivity contribution in [3.63, 3.8) is 0 Å². The molecule has 0 aliphatic heterocycles. The van der Waals surface area contributed by atoms with E-state index < -0.39 is 44.2 Å². The first-order chi connectivity index (χ1) is 25.7. The highest BCUT2D eigenvalue weighted by Gasteiger charge is 2.23. The molecule has 18 heteroatoms. The number of amides is 8. The van der Waals surface area contributed by atoms with Crippen molar-refractivity contribution in [1.29, 1.82) is 0 Å². The van der Waals surface area contributed by atoms with Crippen LogP contribution in [0.25, 0.3) is 0 Å². The number of carbonyl (C=O) groups excluding carboxylic acids is 4. The predicted molar refractivity (Wildman–Crippen MR) is 206 cm³/mol. The quantitative estimate of drug-likeness (QED) is 0.0683.